The molecule has 152 valence electrons. The third-order valence-electron chi connectivity index (χ3n) is 3.48. The van der Waals surface area contributed by atoms with Gasteiger partial charge in [-0.05, 0) is 48.0 Å². The van der Waals surface area contributed by atoms with Gasteiger partial charge in [0.05, 0.1) is 5.56 Å². The predicted octanol–water partition coefficient (Wildman–Crippen LogP) is 3.86. The molecular formula is C20H17F3N2O4. The number of alkyl halides is 3. The highest BCUT2D eigenvalue weighted by Crippen LogP contribution is 2.29. The van der Waals surface area contributed by atoms with Crippen molar-refractivity contribution in [2.75, 3.05) is 17.2 Å². The van der Waals surface area contributed by atoms with Crippen molar-refractivity contribution in [1.29, 1.82) is 0 Å². The second-order valence-electron chi connectivity index (χ2n) is 5.87. The maximum atomic E-state index is 12.5. The van der Waals surface area contributed by atoms with Gasteiger partial charge in [-0.1, -0.05) is 12.1 Å². The molecule has 0 aromatic heterocycles. The van der Waals surface area contributed by atoms with Crippen LogP contribution in [0.1, 0.15) is 18.1 Å². The van der Waals surface area contributed by atoms with Gasteiger partial charge in [-0.2, -0.15) is 13.2 Å². The molecule has 0 spiro atoms. The molecule has 9 heteroatoms. The van der Waals surface area contributed by atoms with Crippen LogP contribution in [0.25, 0.3) is 6.08 Å². The number of nitrogens with one attached hydrogen (secondary N) is 2. The molecule has 0 aliphatic carbocycles. The molecule has 0 saturated carbocycles. The number of carbonyl (C=O) groups is 3. The lowest BCUT2D eigenvalue weighted by molar-refractivity contribution is -0.142. The molecule has 0 aliphatic rings. The first-order chi connectivity index (χ1) is 13.6. The summed E-state index contributed by atoms with van der Waals surface area (Å²) in [4.78, 5) is 34.4. The topological polar surface area (TPSA) is 84.5 Å². The molecule has 0 unspecified atom stereocenters. The zero-order valence-corrected chi connectivity index (χ0v) is 15.2. The molecule has 2 N–H and O–H groups in total. The van der Waals surface area contributed by atoms with Crippen molar-refractivity contribution in [3.05, 3.63) is 65.7 Å². The molecule has 0 atom stereocenters. The highest BCUT2D eigenvalue weighted by atomic mass is 19.4. The highest BCUT2D eigenvalue weighted by Gasteiger charge is 2.29. The van der Waals surface area contributed by atoms with Crippen molar-refractivity contribution in [2.45, 2.75) is 13.1 Å². The summed E-state index contributed by atoms with van der Waals surface area (Å²) in [5.74, 6) is -1.62. The second-order valence-corrected chi connectivity index (χ2v) is 5.87. The average molecular weight is 406 g/mol. The van der Waals surface area contributed by atoms with Gasteiger partial charge in [-0.15, -0.1) is 0 Å². The number of benzene rings is 2. The van der Waals surface area contributed by atoms with Gasteiger partial charge in [-0.25, -0.2) is 4.79 Å². The van der Waals surface area contributed by atoms with Crippen LogP contribution in [0.15, 0.2) is 54.6 Å². The molecule has 2 aromatic rings. The molecule has 0 radical (unpaired) electrons. The van der Waals surface area contributed by atoms with Crippen LogP contribution in [-0.2, 0) is 25.3 Å². The maximum Gasteiger partial charge on any atom is 0.416 e. The Labute approximate surface area is 164 Å². The summed E-state index contributed by atoms with van der Waals surface area (Å²) in [5.41, 5.74) is 0.591. The fraction of sp³-hybridized carbons (Fsp3) is 0.150. The lowest BCUT2D eigenvalue weighted by Crippen LogP contribution is -2.20. The molecule has 6 nitrogen and oxygen atoms in total. The van der Waals surface area contributed by atoms with Crippen LogP contribution in [0.4, 0.5) is 24.5 Å². The Morgan fingerprint density at radius 2 is 1.48 bits per heavy atom. The smallest absolute Gasteiger partial charge is 0.416 e. The monoisotopic (exact) mass is 406 g/mol. The van der Waals surface area contributed by atoms with Crippen molar-refractivity contribution in [3.8, 4) is 0 Å². The number of amides is 2. The third-order valence-corrected chi connectivity index (χ3v) is 3.48. The van der Waals surface area contributed by atoms with Gasteiger partial charge in [0.25, 0.3) is 5.91 Å². The summed E-state index contributed by atoms with van der Waals surface area (Å²) >= 11 is 0. The van der Waals surface area contributed by atoms with Crippen LogP contribution in [0, 0.1) is 0 Å². The minimum absolute atomic E-state index is 0.224. The quantitative estimate of drug-likeness (QED) is 0.564. The average Bonchev–Trinajstić information content (AvgIpc) is 2.65. The number of esters is 1. The van der Waals surface area contributed by atoms with Crippen LogP contribution in [0.3, 0.4) is 0 Å². The van der Waals surface area contributed by atoms with E-state index in [9.17, 15) is 27.6 Å². The minimum Gasteiger partial charge on any atom is -0.452 e. The summed E-state index contributed by atoms with van der Waals surface area (Å²) in [7, 11) is 0. The molecule has 0 aliphatic heterocycles. The Morgan fingerprint density at radius 3 is 2.00 bits per heavy atom. The number of ether oxygens (including phenoxy) is 1. The van der Waals surface area contributed by atoms with E-state index in [4.69, 9.17) is 4.74 Å². The fourth-order valence-corrected chi connectivity index (χ4v) is 2.17. The first-order valence-electron chi connectivity index (χ1n) is 8.33. The van der Waals surface area contributed by atoms with Crippen LogP contribution in [-0.4, -0.2) is 24.4 Å². The van der Waals surface area contributed by atoms with Crippen LogP contribution in [0.2, 0.25) is 0 Å². The number of hydrogen-bond acceptors (Lipinski definition) is 4. The Bertz CT molecular complexity index is 905. The predicted molar refractivity (Wildman–Crippen MR) is 101 cm³/mol. The summed E-state index contributed by atoms with van der Waals surface area (Å²) in [5, 5.41) is 5.09. The van der Waals surface area contributed by atoms with Crippen molar-refractivity contribution >= 4 is 35.2 Å². The zero-order valence-electron chi connectivity index (χ0n) is 15.2. The SMILES string of the molecule is CC(=O)Nc1ccc(NC(=O)COC(=O)/C=C/c2ccc(C(F)(F)F)cc2)cc1. The van der Waals surface area contributed by atoms with Crippen molar-refractivity contribution in [1.82, 2.24) is 0 Å². The number of halogens is 3. The Balaban J connectivity index is 1.80. The molecule has 0 fully saturated rings. The molecule has 2 rings (SSSR count). The van der Waals surface area contributed by atoms with E-state index in [0.717, 1.165) is 18.2 Å². The van der Waals surface area contributed by atoms with Gasteiger partial charge in [0, 0.05) is 24.4 Å². The Morgan fingerprint density at radius 1 is 0.931 bits per heavy atom. The summed E-state index contributed by atoms with van der Waals surface area (Å²) in [6.07, 6.45) is -2.14. The number of hydrogen-bond donors (Lipinski definition) is 2. The second kappa shape index (κ2) is 9.54. The van der Waals surface area contributed by atoms with E-state index in [0.29, 0.717) is 16.9 Å². The van der Waals surface area contributed by atoms with Gasteiger partial charge in [-0.3, -0.25) is 9.59 Å². The lowest BCUT2D eigenvalue weighted by Gasteiger charge is -2.07. The van der Waals surface area contributed by atoms with Gasteiger partial charge in [0.15, 0.2) is 6.61 Å². The van der Waals surface area contributed by atoms with Gasteiger partial charge < -0.3 is 15.4 Å². The Hall–Kier alpha value is -3.62. The summed E-state index contributed by atoms with van der Waals surface area (Å²) in [6.45, 7) is 0.833. The van der Waals surface area contributed by atoms with E-state index in [1.807, 2.05) is 0 Å². The van der Waals surface area contributed by atoms with E-state index in [1.165, 1.54) is 25.1 Å². The van der Waals surface area contributed by atoms with Crippen LogP contribution in [0.5, 0.6) is 0 Å². The molecule has 0 saturated heterocycles. The molecule has 29 heavy (non-hydrogen) atoms. The first kappa shape index (κ1) is 21.7. The first-order valence-corrected chi connectivity index (χ1v) is 8.33. The Kier molecular flexibility index (Phi) is 7.13. The largest absolute Gasteiger partial charge is 0.452 e. The van der Waals surface area contributed by atoms with Gasteiger partial charge in [0.2, 0.25) is 5.91 Å². The minimum atomic E-state index is -4.43. The standard InChI is InChI=1S/C20H17F3N2O4/c1-13(26)24-16-7-9-17(10-8-16)25-18(27)12-29-19(28)11-4-14-2-5-15(6-3-14)20(21,22)23/h2-11H,12H2,1H3,(H,24,26)(H,25,27)/b11-4+. The van der Waals surface area contributed by atoms with Crippen molar-refractivity contribution in [3.63, 3.8) is 0 Å². The normalized spacial score (nSPS) is 11.2. The van der Waals surface area contributed by atoms with E-state index in [2.05, 4.69) is 10.6 Å². The molecular weight excluding hydrogens is 389 g/mol. The van der Waals surface area contributed by atoms with Crippen LogP contribution < -0.4 is 10.6 Å². The lowest BCUT2D eigenvalue weighted by atomic mass is 10.1. The summed E-state index contributed by atoms with van der Waals surface area (Å²) < 4.78 is 42.2. The molecule has 0 bridgehead atoms. The van der Waals surface area contributed by atoms with E-state index >= 15 is 0 Å². The zero-order chi connectivity index (χ0) is 21.4. The molecule has 2 aromatic carbocycles. The fourth-order valence-electron chi connectivity index (χ4n) is 2.17. The van der Waals surface area contributed by atoms with Crippen molar-refractivity contribution in [2.24, 2.45) is 0 Å². The number of anilines is 2. The van der Waals surface area contributed by atoms with E-state index in [-0.39, 0.29) is 5.91 Å². The molecule has 0 heterocycles. The third kappa shape index (κ3) is 7.49. The van der Waals surface area contributed by atoms with Gasteiger partial charge >= 0.3 is 12.1 Å². The van der Waals surface area contributed by atoms with Gasteiger partial charge in [0.1, 0.15) is 0 Å². The van der Waals surface area contributed by atoms with E-state index < -0.39 is 30.2 Å². The summed E-state index contributed by atoms with van der Waals surface area (Å²) in [6, 6.07) is 10.5. The van der Waals surface area contributed by atoms with Crippen molar-refractivity contribution < 1.29 is 32.3 Å². The number of rotatable bonds is 6. The van der Waals surface area contributed by atoms with E-state index in [1.54, 1.807) is 24.3 Å². The maximum absolute atomic E-state index is 12.5. The number of carbonyl (C=O) groups excluding carboxylic acids is 3. The molecule has 2 amide bonds. The highest BCUT2D eigenvalue weighted by molar-refractivity contribution is 5.95. The van der Waals surface area contributed by atoms with Crippen LogP contribution >= 0.6 is 0 Å².